The van der Waals surface area contributed by atoms with Crippen molar-refractivity contribution in [3.63, 3.8) is 0 Å². The molecule has 0 heterocycles. The number of carboxylic acids is 1. The quantitative estimate of drug-likeness (QED) is 0.554. The summed E-state index contributed by atoms with van der Waals surface area (Å²) in [7, 11) is 0. The summed E-state index contributed by atoms with van der Waals surface area (Å²) in [5.74, 6) is 0.790. The smallest absolute Gasteiger partial charge is 0.308 e. The second-order valence-corrected chi connectivity index (χ2v) is 12.1. The lowest BCUT2D eigenvalue weighted by Crippen LogP contribution is -2.55. The molecule has 4 aliphatic rings. The molecule has 0 radical (unpaired) electrons. The lowest BCUT2D eigenvalue weighted by atomic mass is 9.45. The van der Waals surface area contributed by atoms with Crippen LogP contribution in [0.1, 0.15) is 85.5 Å². The van der Waals surface area contributed by atoms with Crippen LogP contribution in [-0.4, -0.2) is 39.3 Å². The molecule has 0 bridgehead atoms. The Balaban J connectivity index is 1.49. The second kappa shape index (κ2) is 8.54. The molecule has 180 valence electrons. The molecular weight excluding hydrogens is 404 g/mol. The van der Waals surface area contributed by atoms with E-state index in [-0.39, 0.29) is 22.7 Å². The Labute approximate surface area is 192 Å². The van der Waals surface area contributed by atoms with Crippen LogP contribution in [0.15, 0.2) is 11.6 Å². The van der Waals surface area contributed by atoms with E-state index >= 15 is 0 Å². The molecule has 5 nitrogen and oxygen atoms in total. The molecule has 5 heteroatoms. The van der Waals surface area contributed by atoms with Gasteiger partial charge in [-0.05, 0) is 105 Å². The summed E-state index contributed by atoms with van der Waals surface area (Å²) >= 11 is 0. The third kappa shape index (κ3) is 3.77. The maximum atomic E-state index is 12.1. The highest BCUT2D eigenvalue weighted by Crippen LogP contribution is 2.67. The lowest BCUT2D eigenvalue weighted by molar-refractivity contribution is -0.145. The zero-order chi connectivity index (χ0) is 23.4. The average Bonchev–Trinajstić information content (AvgIpc) is 3.09. The standard InChI is InChI=1S/C27H42O5/c1-15(5-8-22(29)16(2)25(31)32)19-6-7-20-24-21(10-12-27(19,20)4)26(3)11-9-18(28)13-17(26)14-23(24)30/h13,15-16,19-24,29-30H,5-12,14H2,1-4H3,(H,31,32)/t15-,16-,19-,20+,21+,22-,23-,24+,26+,27-/m1/s1. The highest BCUT2D eigenvalue weighted by molar-refractivity contribution is 5.91. The second-order valence-electron chi connectivity index (χ2n) is 12.1. The van der Waals surface area contributed by atoms with E-state index in [1.165, 1.54) is 5.57 Å². The van der Waals surface area contributed by atoms with Crippen molar-refractivity contribution >= 4 is 11.8 Å². The Hall–Kier alpha value is -1.20. The molecule has 32 heavy (non-hydrogen) atoms. The first kappa shape index (κ1) is 23.9. The van der Waals surface area contributed by atoms with Crippen LogP contribution in [0.5, 0.6) is 0 Å². The number of ketones is 1. The summed E-state index contributed by atoms with van der Waals surface area (Å²) in [6.07, 6.45) is 8.84. The van der Waals surface area contributed by atoms with Gasteiger partial charge in [0.15, 0.2) is 5.78 Å². The fourth-order valence-corrected chi connectivity index (χ4v) is 8.55. The molecule has 0 amide bonds. The first-order chi connectivity index (χ1) is 15.0. The largest absolute Gasteiger partial charge is 0.481 e. The third-order valence-corrected chi connectivity index (χ3v) is 10.6. The average molecular weight is 447 g/mol. The minimum absolute atomic E-state index is 0.0555. The van der Waals surface area contributed by atoms with Crippen molar-refractivity contribution in [1.29, 1.82) is 0 Å². The molecule has 0 saturated heterocycles. The summed E-state index contributed by atoms with van der Waals surface area (Å²) < 4.78 is 0. The predicted molar refractivity (Wildman–Crippen MR) is 123 cm³/mol. The van der Waals surface area contributed by atoms with Crippen molar-refractivity contribution in [3.8, 4) is 0 Å². The molecular formula is C27H42O5. The van der Waals surface area contributed by atoms with Gasteiger partial charge in [-0.1, -0.05) is 26.3 Å². The van der Waals surface area contributed by atoms with Crippen molar-refractivity contribution in [3.05, 3.63) is 11.6 Å². The number of aliphatic hydroxyl groups is 2. The lowest BCUT2D eigenvalue weighted by Gasteiger charge is -2.60. The van der Waals surface area contributed by atoms with E-state index in [1.807, 2.05) is 6.08 Å². The number of aliphatic hydroxyl groups excluding tert-OH is 2. The van der Waals surface area contributed by atoms with Gasteiger partial charge in [0.1, 0.15) is 0 Å². The molecule has 3 saturated carbocycles. The van der Waals surface area contributed by atoms with E-state index < -0.39 is 18.0 Å². The van der Waals surface area contributed by atoms with E-state index in [1.54, 1.807) is 6.92 Å². The van der Waals surface area contributed by atoms with Crippen LogP contribution in [0.4, 0.5) is 0 Å². The van der Waals surface area contributed by atoms with Crippen molar-refractivity contribution < 1.29 is 24.9 Å². The summed E-state index contributed by atoms with van der Waals surface area (Å²) in [6, 6.07) is 0. The molecule has 0 spiro atoms. The van der Waals surface area contributed by atoms with E-state index in [0.29, 0.717) is 48.9 Å². The third-order valence-electron chi connectivity index (χ3n) is 10.6. The van der Waals surface area contributed by atoms with Gasteiger partial charge in [-0.2, -0.15) is 0 Å². The Bertz CT molecular complexity index is 789. The van der Waals surface area contributed by atoms with Crippen molar-refractivity contribution in [2.24, 2.45) is 46.3 Å². The van der Waals surface area contributed by atoms with Crippen LogP contribution in [0, 0.1) is 46.3 Å². The van der Waals surface area contributed by atoms with E-state index in [2.05, 4.69) is 20.8 Å². The SMILES string of the molecule is C[C@H](CC[C@@H](O)[C@@H](C)C(=O)O)[C@H]1CC[C@H]2[C@@H]3[C@H](O)CC4=CC(=O)CC[C@]4(C)[C@H]3CC[C@]12C. The molecule has 0 unspecified atom stereocenters. The fourth-order valence-electron chi connectivity index (χ4n) is 8.55. The molecule has 4 rings (SSSR count). The number of aliphatic carboxylic acids is 1. The van der Waals surface area contributed by atoms with Gasteiger partial charge in [-0.3, -0.25) is 9.59 Å². The van der Waals surface area contributed by atoms with Crippen molar-refractivity contribution in [2.45, 2.75) is 97.7 Å². The summed E-state index contributed by atoms with van der Waals surface area (Å²) in [5.41, 5.74) is 1.43. The van der Waals surface area contributed by atoms with Crippen molar-refractivity contribution in [2.75, 3.05) is 0 Å². The molecule has 0 aliphatic heterocycles. The van der Waals surface area contributed by atoms with Crippen LogP contribution in [0.2, 0.25) is 0 Å². The minimum Gasteiger partial charge on any atom is -0.481 e. The first-order valence-corrected chi connectivity index (χ1v) is 12.8. The van der Waals surface area contributed by atoms with Gasteiger partial charge < -0.3 is 15.3 Å². The maximum Gasteiger partial charge on any atom is 0.308 e. The van der Waals surface area contributed by atoms with Gasteiger partial charge in [0.05, 0.1) is 18.1 Å². The van der Waals surface area contributed by atoms with Crippen LogP contribution in [-0.2, 0) is 9.59 Å². The van der Waals surface area contributed by atoms with Gasteiger partial charge in [0, 0.05) is 6.42 Å². The Morgan fingerprint density at radius 2 is 1.84 bits per heavy atom. The summed E-state index contributed by atoms with van der Waals surface area (Å²) in [4.78, 5) is 23.2. The van der Waals surface area contributed by atoms with Gasteiger partial charge in [0.25, 0.3) is 0 Å². The molecule has 4 aliphatic carbocycles. The molecule has 0 aromatic rings. The van der Waals surface area contributed by atoms with Crippen molar-refractivity contribution in [1.82, 2.24) is 0 Å². The monoisotopic (exact) mass is 446 g/mol. The number of hydrogen-bond donors (Lipinski definition) is 3. The molecule has 3 N–H and O–H groups in total. The highest BCUT2D eigenvalue weighted by Gasteiger charge is 2.61. The Morgan fingerprint density at radius 1 is 1.12 bits per heavy atom. The van der Waals surface area contributed by atoms with Gasteiger partial charge in [0.2, 0.25) is 0 Å². The molecule has 3 fully saturated rings. The zero-order valence-corrected chi connectivity index (χ0v) is 20.2. The molecule has 0 aromatic heterocycles. The highest BCUT2D eigenvalue weighted by atomic mass is 16.4. The Kier molecular flexibility index (Phi) is 6.39. The topological polar surface area (TPSA) is 94.8 Å². The number of fused-ring (bicyclic) bond motifs is 5. The number of carbonyl (C=O) groups excluding carboxylic acids is 1. The summed E-state index contributed by atoms with van der Waals surface area (Å²) in [6.45, 7) is 8.63. The van der Waals surface area contributed by atoms with E-state index in [4.69, 9.17) is 0 Å². The van der Waals surface area contributed by atoms with Gasteiger partial charge >= 0.3 is 5.97 Å². The van der Waals surface area contributed by atoms with Gasteiger partial charge in [-0.15, -0.1) is 0 Å². The van der Waals surface area contributed by atoms with E-state index in [9.17, 15) is 24.9 Å². The van der Waals surface area contributed by atoms with Crippen LogP contribution in [0.3, 0.4) is 0 Å². The van der Waals surface area contributed by atoms with Crippen LogP contribution >= 0.6 is 0 Å². The normalized spacial score (nSPS) is 44.0. The zero-order valence-electron chi connectivity index (χ0n) is 20.2. The molecule has 0 aromatic carbocycles. The van der Waals surface area contributed by atoms with Crippen LogP contribution in [0.25, 0.3) is 0 Å². The molecule has 10 atom stereocenters. The van der Waals surface area contributed by atoms with Crippen LogP contribution < -0.4 is 0 Å². The number of hydrogen-bond acceptors (Lipinski definition) is 4. The fraction of sp³-hybridized carbons (Fsp3) is 0.852. The first-order valence-electron chi connectivity index (χ1n) is 12.8. The Morgan fingerprint density at radius 3 is 2.53 bits per heavy atom. The predicted octanol–water partition coefficient (Wildman–Crippen LogP) is 4.60. The van der Waals surface area contributed by atoms with Gasteiger partial charge in [-0.25, -0.2) is 0 Å². The minimum atomic E-state index is -0.936. The number of carboxylic acid groups (broad SMARTS) is 1. The number of carbonyl (C=O) groups is 2. The number of rotatable bonds is 6. The maximum absolute atomic E-state index is 12.1. The summed E-state index contributed by atoms with van der Waals surface area (Å²) in [5, 5.41) is 30.7. The van der Waals surface area contributed by atoms with E-state index in [0.717, 1.165) is 38.5 Å².